The van der Waals surface area contributed by atoms with Crippen LogP contribution < -0.4 is 0 Å². The normalized spacial score (nSPS) is 15.9. The number of amides is 1. The van der Waals surface area contributed by atoms with Gasteiger partial charge in [-0.25, -0.2) is 0 Å². The van der Waals surface area contributed by atoms with Gasteiger partial charge in [-0.2, -0.15) is 0 Å². The number of ether oxygens (including phenoxy) is 3. The summed E-state index contributed by atoms with van der Waals surface area (Å²) in [7, 11) is 3.29. The van der Waals surface area contributed by atoms with Gasteiger partial charge < -0.3 is 19.1 Å². The largest absolute Gasteiger partial charge is 0.382 e. The monoisotopic (exact) mass is 243 g/mol. The van der Waals surface area contributed by atoms with Crippen LogP contribution in [0.5, 0.6) is 0 Å². The molecule has 0 fully saturated rings. The van der Waals surface area contributed by atoms with Crippen molar-refractivity contribution in [3.63, 3.8) is 0 Å². The topological polar surface area (TPSA) is 48.0 Å². The average Bonchev–Trinajstić information content (AvgIpc) is 2.36. The highest BCUT2D eigenvalue weighted by molar-refractivity contribution is 5.77. The van der Waals surface area contributed by atoms with Crippen LogP contribution >= 0.6 is 0 Å². The summed E-state index contributed by atoms with van der Waals surface area (Å²) < 4.78 is 15.1. The first kappa shape index (κ1) is 14.2. The molecule has 17 heavy (non-hydrogen) atoms. The lowest BCUT2D eigenvalue weighted by molar-refractivity contribution is -0.136. The lowest BCUT2D eigenvalue weighted by atomic mass is 10.1. The van der Waals surface area contributed by atoms with Crippen molar-refractivity contribution in [2.75, 3.05) is 53.7 Å². The Morgan fingerprint density at radius 3 is 2.76 bits per heavy atom. The van der Waals surface area contributed by atoms with E-state index in [2.05, 4.69) is 6.08 Å². The summed E-state index contributed by atoms with van der Waals surface area (Å²) in [6.07, 6.45) is 2.94. The van der Waals surface area contributed by atoms with Gasteiger partial charge in [0, 0.05) is 27.3 Å². The maximum atomic E-state index is 11.7. The molecule has 1 rings (SSSR count). The van der Waals surface area contributed by atoms with Crippen molar-refractivity contribution >= 4 is 5.91 Å². The second kappa shape index (κ2) is 8.22. The van der Waals surface area contributed by atoms with E-state index in [0.29, 0.717) is 26.4 Å². The minimum atomic E-state index is 0.0359. The van der Waals surface area contributed by atoms with E-state index in [0.717, 1.165) is 13.0 Å². The Bertz CT molecular complexity index is 265. The first-order chi connectivity index (χ1) is 8.27. The highest BCUT2D eigenvalue weighted by Gasteiger charge is 2.16. The van der Waals surface area contributed by atoms with Crippen LogP contribution in [0, 0.1) is 0 Å². The van der Waals surface area contributed by atoms with E-state index in [9.17, 15) is 4.79 Å². The predicted molar refractivity (Wildman–Crippen MR) is 63.9 cm³/mol. The predicted octanol–water partition coefficient (Wildman–Crippen LogP) is 0.455. The van der Waals surface area contributed by atoms with E-state index in [4.69, 9.17) is 14.2 Å². The molecule has 1 amide bonds. The van der Waals surface area contributed by atoms with E-state index < -0.39 is 0 Å². The third kappa shape index (κ3) is 5.30. The van der Waals surface area contributed by atoms with E-state index in [1.54, 1.807) is 19.1 Å². The molecule has 5 heteroatoms. The molecule has 0 aromatic rings. The minimum absolute atomic E-state index is 0.0359. The molecule has 1 aliphatic heterocycles. The highest BCUT2D eigenvalue weighted by atomic mass is 16.5. The van der Waals surface area contributed by atoms with Gasteiger partial charge in [0.2, 0.25) is 5.91 Å². The van der Waals surface area contributed by atoms with Crippen molar-refractivity contribution in [1.82, 2.24) is 4.90 Å². The molecule has 0 aromatic carbocycles. The number of rotatable bonds is 7. The molecular weight excluding hydrogens is 222 g/mol. The second-order valence-electron chi connectivity index (χ2n) is 3.93. The van der Waals surface area contributed by atoms with Crippen LogP contribution in [0.1, 0.15) is 6.42 Å². The number of methoxy groups -OCH3 is 2. The Balaban J connectivity index is 2.21. The van der Waals surface area contributed by atoms with Gasteiger partial charge in [-0.1, -0.05) is 6.08 Å². The van der Waals surface area contributed by atoms with Crippen molar-refractivity contribution in [2.45, 2.75) is 6.42 Å². The first-order valence-corrected chi connectivity index (χ1v) is 5.79. The molecule has 0 saturated carbocycles. The molecule has 0 aromatic heterocycles. The maximum absolute atomic E-state index is 11.7. The summed E-state index contributed by atoms with van der Waals surface area (Å²) in [6.45, 7) is 3.18. The van der Waals surface area contributed by atoms with Gasteiger partial charge in [0.15, 0.2) is 0 Å². The Labute approximate surface area is 102 Å². The van der Waals surface area contributed by atoms with Crippen molar-refractivity contribution < 1.29 is 19.0 Å². The van der Waals surface area contributed by atoms with Gasteiger partial charge in [0.1, 0.15) is 6.61 Å². The Hall–Kier alpha value is -0.910. The number of carbonyl (C=O) groups excluding carboxylic acids is 1. The van der Waals surface area contributed by atoms with Gasteiger partial charge in [-0.15, -0.1) is 0 Å². The molecule has 0 radical (unpaired) electrons. The number of hydrogen-bond donors (Lipinski definition) is 0. The molecule has 0 unspecified atom stereocenters. The molecule has 0 bridgehead atoms. The van der Waals surface area contributed by atoms with E-state index in [1.165, 1.54) is 5.57 Å². The van der Waals surface area contributed by atoms with Gasteiger partial charge >= 0.3 is 0 Å². The van der Waals surface area contributed by atoms with Gasteiger partial charge in [0.25, 0.3) is 0 Å². The van der Waals surface area contributed by atoms with E-state index >= 15 is 0 Å². The Morgan fingerprint density at radius 2 is 2.18 bits per heavy atom. The van der Waals surface area contributed by atoms with Crippen molar-refractivity contribution in [3.8, 4) is 0 Å². The molecule has 0 spiro atoms. The zero-order valence-electron chi connectivity index (χ0n) is 10.6. The molecule has 98 valence electrons. The standard InChI is InChI=1S/C12H21NO4/c1-15-7-8-17-10-12(14)13-5-3-11(4-6-13)9-16-2/h3H,4-10H2,1-2H3. The Morgan fingerprint density at radius 1 is 1.35 bits per heavy atom. The number of nitrogens with zero attached hydrogens (tertiary/aromatic N) is 1. The molecule has 0 N–H and O–H groups in total. The minimum Gasteiger partial charge on any atom is -0.382 e. The van der Waals surface area contributed by atoms with Gasteiger partial charge in [-0.3, -0.25) is 4.79 Å². The van der Waals surface area contributed by atoms with Crippen LogP contribution in [0.15, 0.2) is 11.6 Å². The lowest BCUT2D eigenvalue weighted by Gasteiger charge is -2.26. The molecule has 0 aliphatic carbocycles. The molecular formula is C12H21NO4. The fourth-order valence-corrected chi connectivity index (χ4v) is 1.65. The lowest BCUT2D eigenvalue weighted by Crippen LogP contribution is -2.37. The zero-order valence-corrected chi connectivity index (χ0v) is 10.6. The van der Waals surface area contributed by atoms with Crippen LogP contribution in [0.25, 0.3) is 0 Å². The molecule has 5 nitrogen and oxygen atoms in total. The fraction of sp³-hybridized carbons (Fsp3) is 0.750. The Kier molecular flexibility index (Phi) is 6.84. The summed E-state index contributed by atoms with van der Waals surface area (Å²) in [4.78, 5) is 13.5. The summed E-state index contributed by atoms with van der Waals surface area (Å²) in [5, 5.41) is 0. The number of hydrogen-bond acceptors (Lipinski definition) is 4. The summed E-state index contributed by atoms with van der Waals surface area (Å²) >= 11 is 0. The summed E-state index contributed by atoms with van der Waals surface area (Å²) in [5.41, 5.74) is 1.26. The van der Waals surface area contributed by atoms with Gasteiger partial charge in [0.05, 0.1) is 19.8 Å². The number of carbonyl (C=O) groups is 1. The molecule has 0 atom stereocenters. The second-order valence-corrected chi connectivity index (χ2v) is 3.93. The van der Waals surface area contributed by atoms with Crippen molar-refractivity contribution in [1.29, 1.82) is 0 Å². The first-order valence-electron chi connectivity index (χ1n) is 5.79. The van der Waals surface area contributed by atoms with Crippen LogP contribution in [0.4, 0.5) is 0 Å². The molecule has 1 heterocycles. The smallest absolute Gasteiger partial charge is 0.248 e. The third-order valence-electron chi connectivity index (χ3n) is 2.64. The van der Waals surface area contributed by atoms with Crippen molar-refractivity contribution in [2.24, 2.45) is 0 Å². The third-order valence-corrected chi connectivity index (χ3v) is 2.64. The fourth-order valence-electron chi connectivity index (χ4n) is 1.65. The zero-order chi connectivity index (χ0) is 12.5. The van der Waals surface area contributed by atoms with E-state index in [1.807, 2.05) is 0 Å². The van der Waals surface area contributed by atoms with Crippen LogP contribution in [0.3, 0.4) is 0 Å². The van der Waals surface area contributed by atoms with Crippen LogP contribution in [0.2, 0.25) is 0 Å². The highest BCUT2D eigenvalue weighted by Crippen LogP contribution is 2.10. The van der Waals surface area contributed by atoms with Crippen LogP contribution in [-0.2, 0) is 19.0 Å². The van der Waals surface area contributed by atoms with Crippen LogP contribution in [-0.4, -0.2) is 64.5 Å². The van der Waals surface area contributed by atoms with E-state index in [-0.39, 0.29) is 12.5 Å². The van der Waals surface area contributed by atoms with Crippen molar-refractivity contribution in [3.05, 3.63) is 11.6 Å². The SMILES string of the molecule is COCCOCC(=O)N1CC=C(COC)CC1. The summed E-state index contributed by atoms with van der Waals surface area (Å²) in [5.74, 6) is 0.0359. The average molecular weight is 243 g/mol. The summed E-state index contributed by atoms with van der Waals surface area (Å²) in [6, 6.07) is 0. The molecule has 0 saturated heterocycles. The maximum Gasteiger partial charge on any atom is 0.248 e. The van der Waals surface area contributed by atoms with Gasteiger partial charge in [-0.05, 0) is 12.0 Å². The quantitative estimate of drug-likeness (QED) is 0.481. The molecule has 1 aliphatic rings.